The van der Waals surface area contributed by atoms with Crippen molar-refractivity contribution in [3.8, 4) is 0 Å². The molecule has 0 amide bonds. The molecule has 0 saturated heterocycles. The number of carbonyl (C=O) groups is 1. The summed E-state index contributed by atoms with van der Waals surface area (Å²) in [5.41, 5.74) is 2.02. The number of rotatable bonds is 4. The molecule has 21 heavy (non-hydrogen) atoms. The Balaban J connectivity index is 2.56. The normalized spacial score (nSPS) is 11.0. The van der Waals surface area contributed by atoms with E-state index in [1.807, 2.05) is 36.4 Å². The van der Waals surface area contributed by atoms with Gasteiger partial charge in [-0.05, 0) is 24.6 Å². The summed E-state index contributed by atoms with van der Waals surface area (Å²) in [6.45, 7) is 6.23. The first-order valence-electron chi connectivity index (χ1n) is 7.45. The molecule has 0 fully saturated rings. The average Bonchev–Trinajstić information content (AvgIpc) is 2.55. The van der Waals surface area contributed by atoms with E-state index in [2.05, 4.69) is 30.9 Å². The second-order valence-corrected chi connectivity index (χ2v) is 5.14. The van der Waals surface area contributed by atoms with Gasteiger partial charge in [0.25, 0.3) is 0 Å². The highest BCUT2D eigenvalue weighted by molar-refractivity contribution is 6.20. The van der Waals surface area contributed by atoms with Crippen molar-refractivity contribution < 1.29 is 4.79 Å². The standard InChI is InChI=1S/C19H19NO/c1-3-20(4-2)19-16-11-7-5-9-14(16)18(13-21)15-10-6-8-12-17(15)19/h5-13H,3-4H2,1-2H3. The molecule has 2 nitrogen and oxygen atoms in total. The van der Waals surface area contributed by atoms with Gasteiger partial charge in [0, 0.05) is 29.4 Å². The largest absolute Gasteiger partial charge is 0.371 e. The fourth-order valence-corrected chi connectivity index (χ4v) is 3.15. The van der Waals surface area contributed by atoms with Gasteiger partial charge in [0.1, 0.15) is 0 Å². The lowest BCUT2D eigenvalue weighted by Crippen LogP contribution is -2.22. The Labute approximate surface area is 125 Å². The van der Waals surface area contributed by atoms with Crippen molar-refractivity contribution in [1.82, 2.24) is 0 Å². The lowest BCUT2D eigenvalue weighted by atomic mass is 9.94. The molecule has 0 aliphatic carbocycles. The Kier molecular flexibility index (Phi) is 3.61. The molecule has 0 heterocycles. The lowest BCUT2D eigenvalue weighted by molar-refractivity contribution is 0.112. The number of hydrogen-bond donors (Lipinski definition) is 0. The van der Waals surface area contributed by atoms with Crippen LogP contribution in [0.2, 0.25) is 0 Å². The molecule has 0 aliphatic heterocycles. The summed E-state index contributed by atoms with van der Waals surface area (Å²) < 4.78 is 0. The molecule has 0 atom stereocenters. The van der Waals surface area contributed by atoms with Crippen molar-refractivity contribution in [1.29, 1.82) is 0 Å². The van der Waals surface area contributed by atoms with Crippen molar-refractivity contribution in [3.05, 3.63) is 54.1 Å². The summed E-state index contributed by atoms with van der Waals surface area (Å²) >= 11 is 0. The summed E-state index contributed by atoms with van der Waals surface area (Å²) in [7, 11) is 0. The smallest absolute Gasteiger partial charge is 0.151 e. The fraction of sp³-hybridized carbons (Fsp3) is 0.211. The number of aldehydes is 1. The van der Waals surface area contributed by atoms with Crippen molar-refractivity contribution in [2.45, 2.75) is 13.8 Å². The molecule has 3 aromatic rings. The third-order valence-corrected chi connectivity index (χ3v) is 4.14. The minimum Gasteiger partial charge on any atom is -0.371 e. The Morgan fingerprint density at radius 3 is 1.62 bits per heavy atom. The molecule has 0 radical (unpaired) electrons. The van der Waals surface area contributed by atoms with Crippen LogP contribution in [0.25, 0.3) is 21.5 Å². The predicted octanol–water partition coefficient (Wildman–Crippen LogP) is 4.65. The Hall–Kier alpha value is -2.35. The minimum absolute atomic E-state index is 0.789. The third-order valence-electron chi connectivity index (χ3n) is 4.14. The highest BCUT2D eigenvalue weighted by atomic mass is 16.1. The number of nitrogens with zero attached hydrogens (tertiary/aromatic N) is 1. The van der Waals surface area contributed by atoms with Crippen LogP contribution in [0.5, 0.6) is 0 Å². The topological polar surface area (TPSA) is 20.3 Å². The average molecular weight is 277 g/mol. The zero-order valence-corrected chi connectivity index (χ0v) is 12.5. The van der Waals surface area contributed by atoms with Gasteiger partial charge in [0.15, 0.2) is 6.29 Å². The van der Waals surface area contributed by atoms with Gasteiger partial charge in [-0.3, -0.25) is 4.79 Å². The van der Waals surface area contributed by atoms with E-state index in [9.17, 15) is 4.79 Å². The number of anilines is 1. The van der Waals surface area contributed by atoms with Crippen molar-refractivity contribution in [3.63, 3.8) is 0 Å². The van der Waals surface area contributed by atoms with E-state index in [1.165, 1.54) is 5.69 Å². The van der Waals surface area contributed by atoms with Crippen LogP contribution in [0.1, 0.15) is 24.2 Å². The summed E-state index contributed by atoms with van der Waals surface area (Å²) in [5, 5.41) is 4.38. The van der Waals surface area contributed by atoms with E-state index in [0.717, 1.165) is 46.5 Å². The second kappa shape index (κ2) is 5.57. The quantitative estimate of drug-likeness (QED) is 0.511. The molecule has 3 aromatic carbocycles. The molecule has 3 rings (SSSR count). The summed E-state index contributed by atoms with van der Waals surface area (Å²) in [5.74, 6) is 0. The van der Waals surface area contributed by atoms with Gasteiger partial charge in [0.2, 0.25) is 0 Å². The molecule has 0 unspecified atom stereocenters. The van der Waals surface area contributed by atoms with Gasteiger partial charge < -0.3 is 4.90 Å². The van der Waals surface area contributed by atoms with Gasteiger partial charge in [-0.1, -0.05) is 48.5 Å². The molecule has 0 bridgehead atoms. The molecule has 0 aliphatic rings. The van der Waals surface area contributed by atoms with Crippen LogP contribution in [0, 0.1) is 0 Å². The Morgan fingerprint density at radius 1 is 0.810 bits per heavy atom. The monoisotopic (exact) mass is 277 g/mol. The molecule has 0 spiro atoms. The minimum atomic E-state index is 0.789. The van der Waals surface area contributed by atoms with Crippen molar-refractivity contribution >= 4 is 33.5 Å². The van der Waals surface area contributed by atoms with Crippen LogP contribution in [-0.4, -0.2) is 19.4 Å². The van der Waals surface area contributed by atoms with Gasteiger partial charge in [-0.2, -0.15) is 0 Å². The maximum absolute atomic E-state index is 11.6. The van der Waals surface area contributed by atoms with Crippen LogP contribution in [0.3, 0.4) is 0 Å². The zero-order valence-electron chi connectivity index (χ0n) is 12.5. The van der Waals surface area contributed by atoms with Crippen molar-refractivity contribution in [2.24, 2.45) is 0 Å². The van der Waals surface area contributed by atoms with Crippen LogP contribution in [0.15, 0.2) is 48.5 Å². The van der Waals surface area contributed by atoms with Crippen molar-refractivity contribution in [2.75, 3.05) is 18.0 Å². The number of carbonyl (C=O) groups excluding carboxylic acids is 1. The van der Waals surface area contributed by atoms with Crippen LogP contribution < -0.4 is 4.90 Å². The summed E-state index contributed by atoms with van der Waals surface area (Å²) in [4.78, 5) is 14.0. The molecular formula is C19H19NO. The Bertz CT molecular complexity index is 746. The first-order chi connectivity index (χ1) is 10.3. The summed E-state index contributed by atoms with van der Waals surface area (Å²) in [6.07, 6.45) is 0.983. The van der Waals surface area contributed by atoms with Gasteiger partial charge in [0.05, 0.1) is 5.69 Å². The van der Waals surface area contributed by atoms with Crippen LogP contribution in [0.4, 0.5) is 5.69 Å². The second-order valence-electron chi connectivity index (χ2n) is 5.14. The first kappa shape index (κ1) is 13.6. The van der Waals surface area contributed by atoms with Gasteiger partial charge in [-0.25, -0.2) is 0 Å². The van der Waals surface area contributed by atoms with E-state index in [0.29, 0.717) is 0 Å². The Morgan fingerprint density at radius 2 is 1.24 bits per heavy atom. The zero-order chi connectivity index (χ0) is 14.8. The van der Waals surface area contributed by atoms with E-state index < -0.39 is 0 Å². The molecule has 0 saturated carbocycles. The fourth-order valence-electron chi connectivity index (χ4n) is 3.15. The van der Waals surface area contributed by atoms with Gasteiger partial charge >= 0.3 is 0 Å². The van der Waals surface area contributed by atoms with Gasteiger partial charge in [-0.15, -0.1) is 0 Å². The van der Waals surface area contributed by atoms with E-state index in [1.54, 1.807) is 0 Å². The number of hydrogen-bond acceptors (Lipinski definition) is 2. The highest BCUT2D eigenvalue weighted by Crippen LogP contribution is 2.37. The number of benzene rings is 3. The molecular weight excluding hydrogens is 258 g/mol. The first-order valence-corrected chi connectivity index (χ1v) is 7.45. The maximum atomic E-state index is 11.6. The van der Waals surface area contributed by atoms with E-state index in [4.69, 9.17) is 0 Å². The molecule has 0 aromatic heterocycles. The summed E-state index contributed by atoms with van der Waals surface area (Å²) in [6, 6.07) is 16.4. The van der Waals surface area contributed by atoms with E-state index in [-0.39, 0.29) is 0 Å². The predicted molar refractivity (Wildman–Crippen MR) is 90.4 cm³/mol. The molecule has 0 N–H and O–H groups in total. The van der Waals surface area contributed by atoms with Crippen LogP contribution in [-0.2, 0) is 0 Å². The molecule has 2 heteroatoms. The maximum Gasteiger partial charge on any atom is 0.151 e. The lowest BCUT2D eigenvalue weighted by Gasteiger charge is -2.25. The van der Waals surface area contributed by atoms with E-state index >= 15 is 0 Å². The SMILES string of the molecule is CCN(CC)c1c2ccccc2c(C=O)c2ccccc12. The van der Waals surface area contributed by atoms with Crippen LogP contribution >= 0.6 is 0 Å². The molecule has 106 valence electrons. The third kappa shape index (κ3) is 2.07. The number of fused-ring (bicyclic) bond motifs is 2. The highest BCUT2D eigenvalue weighted by Gasteiger charge is 2.15.